The fourth-order valence-corrected chi connectivity index (χ4v) is 3.66. The number of hydrogen-bond donors (Lipinski definition) is 2. The molecule has 6 nitrogen and oxygen atoms in total. The average Bonchev–Trinajstić information content (AvgIpc) is 3.05. The summed E-state index contributed by atoms with van der Waals surface area (Å²) in [6.45, 7) is 8.19. The molecule has 146 valence electrons. The van der Waals surface area contributed by atoms with E-state index in [9.17, 15) is 14.4 Å². The van der Waals surface area contributed by atoms with Gasteiger partial charge in [0.1, 0.15) is 6.04 Å². The van der Waals surface area contributed by atoms with Crippen LogP contribution in [-0.2, 0) is 15.0 Å². The molecule has 2 N–H and O–H groups in total. The van der Waals surface area contributed by atoms with Crippen LogP contribution in [0, 0.1) is 5.92 Å². The van der Waals surface area contributed by atoms with Crippen LogP contribution in [0.3, 0.4) is 0 Å². The highest BCUT2D eigenvalue weighted by Gasteiger charge is 2.32. The van der Waals surface area contributed by atoms with Crippen molar-refractivity contribution in [3.8, 4) is 0 Å². The number of likely N-dealkylation sites (tertiary alicyclic amines) is 1. The van der Waals surface area contributed by atoms with Gasteiger partial charge in [-0.05, 0) is 42.4 Å². The van der Waals surface area contributed by atoms with Crippen LogP contribution >= 0.6 is 0 Å². The second-order valence-corrected chi connectivity index (χ2v) is 8.53. The van der Waals surface area contributed by atoms with Crippen molar-refractivity contribution in [1.29, 1.82) is 0 Å². The summed E-state index contributed by atoms with van der Waals surface area (Å²) in [6, 6.07) is 7.40. The molecule has 0 spiro atoms. The van der Waals surface area contributed by atoms with Crippen LogP contribution in [-0.4, -0.2) is 48.3 Å². The molecule has 0 aromatic heterocycles. The molecule has 0 bridgehead atoms. The first kappa shape index (κ1) is 19.4. The third-order valence-corrected chi connectivity index (χ3v) is 5.52. The molecule has 1 aromatic carbocycles. The quantitative estimate of drug-likeness (QED) is 0.851. The molecule has 27 heavy (non-hydrogen) atoms. The van der Waals surface area contributed by atoms with Gasteiger partial charge in [0.25, 0.3) is 5.91 Å². The minimum atomic E-state index is -0.404. The Morgan fingerprint density at radius 3 is 2.22 bits per heavy atom. The number of nitrogens with one attached hydrogen (secondary N) is 2. The van der Waals surface area contributed by atoms with Gasteiger partial charge in [-0.2, -0.15) is 0 Å². The van der Waals surface area contributed by atoms with E-state index in [2.05, 4.69) is 31.4 Å². The molecule has 6 heteroatoms. The van der Waals surface area contributed by atoms with Gasteiger partial charge in [0.15, 0.2) is 0 Å². The van der Waals surface area contributed by atoms with Crippen LogP contribution in [0.25, 0.3) is 0 Å². The summed E-state index contributed by atoms with van der Waals surface area (Å²) < 4.78 is 0. The van der Waals surface area contributed by atoms with Crippen molar-refractivity contribution in [2.75, 3.05) is 19.6 Å². The fraction of sp³-hybridized carbons (Fsp3) is 0.571. The zero-order valence-electron chi connectivity index (χ0n) is 16.4. The van der Waals surface area contributed by atoms with Crippen molar-refractivity contribution < 1.29 is 14.4 Å². The smallest absolute Gasteiger partial charge is 0.253 e. The van der Waals surface area contributed by atoms with Crippen LogP contribution in [0.1, 0.15) is 56.0 Å². The number of carbonyl (C=O) groups is 3. The summed E-state index contributed by atoms with van der Waals surface area (Å²) >= 11 is 0. The second kappa shape index (κ2) is 7.71. The van der Waals surface area contributed by atoms with E-state index in [1.165, 1.54) is 5.56 Å². The lowest BCUT2D eigenvalue weighted by Gasteiger charge is -2.32. The van der Waals surface area contributed by atoms with Crippen molar-refractivity contribution in [2.45, 2.75) is 51.5 Å². The molecule has 0 radical (unpaired) electrons. The Morgan fingerprint density at radius 2 is 1.70 bits per heavy atom. The fourth-order valence-electron chi connectivity index (χ4n) is 3.66. The van der Waals surface area contributed by atoms with E-state index in [-0.39, 0.29) is 29.1 Å². The van der Waals surface area contributed by atoms with E-state index in [4.69, 9.17) is 0 Å². The standard InChI is InChI=1S/C21H29N3O3/c1-21(2,3)16-6-4-15(5-7-16)20(27)24-12-9-14(10-13-24)18(25)23-17-8-11-22-19(17)26/h4-7,14,17H,8-13H2,1-3H3,(H,22,26)(H,23,25). The van der Waals surface area contributed by atoms with E-state index < -0.39 is 6.04 Å². The van der Waals surface area contributed by atoms with Gasteiger partial charge in [-0.15, -0.1) is 0 Å². The lowest BCUT2D eigenvalue weighted by atomic mass is 9.86. The van der Waals surface area contributed by atoms with Crippen LogP contribution < -0.4 is 10.6 Å². The maximum Gasteiger partial charge on any atom is 0.253 e. The van der Waals surface area contributed by atoms with Gasteiger partial charge in [0, 0.05) is 31.1 Å². The third-order valence-electron chi connectivity index (χ3n) is 5.52. The molecule has 3 amide bonds. The summed E-state index contributed by atoms with van der Waals surface area (Å²) in [6.07, 6.45) is 1.91. The van der Waals surface area contributed by atoms with Crippen molar-refractivity contribution in [1.82, 2.24) is 15.5 Å². The van der Waals surface area contributed by atoms with Gasteiger partial charge in [0.2, 0.25) is 11.8 Å². The lowest BCUT2D eigenvalue weighted by molar-refractivity contribution is -0.130. The van der Waals surface area contributed by atoms with Gasteiger partial charge in [-0.1, -0.05) is 32.9 Å². The molecule has 2 heterocycles. The van der Waals surface area contributed by atoms with E-state index in [1.54, 1.807) is 0 Å². The molecule has 2 saturated heterocycles. The molecule has 0 saturated carbocycles. The average molecular weight is 371 g/mol. The Morgan fingerprint density at radius 1 is 1.07 bits per heavy atom. The normalized spacial score (nSPS) is 21.1. The number of nitrogens with zero attached hydrogens (tertiary/aromatic N) is 1. The van der Waals surface area contributed by atoms with Crippen LogP contribution in [0.2, 0.25) is 0 Å². The predicted octanol–water partition coefficient (Wildman–Crippen LogP) is 1.84. The number of benzene rings is 1. The highest BCUT2D eigenvalue weighted by atomic mass is 16.2. The maximum absolute atomic E-state index is 12.7. The minimum absolute atomic E-state index is 0.0180. The van der Waals surface area contributed by atoms with Crippen LogP contribution in [0.15, 0.2) is 24.3 Å². The maximum atomic E-state index is 12.7. The first-order valence-corrected chi connectivity index (χ1v) is 9.73. The first-order chi connectivity index (χ1) is 12.8. The zero-order chi connectivity index (χ0) is 19.6. The molecule has 1 aromatic rings. The van der Waals surface area contributed by atoms with E-state index >= 15 is 0 Å². The number of rotatable bonds is 3. The van der Waals surface area contributed by atoms with Crippen molar-refractivity contribution >= 4 is 17.7 Å². The summed E-state index contributed by atoms with van der Waals surface area (Å²) in [4.78, 5) is 38.5. The van der Waals surface area contributed by atoms with Gasteiger partial charge < -0.3 is 15.5 Å². The SMILES string of the molecule is CC(C)(C)c1ccc(C(=O)N2CCC(C(=O)NC3CCNC3=O)CC2)cc1. The Hall–Kier alpha value is -2.37. The first-order valence-electron chi connectivity index (χ1n) is 9.73. The third kappa shape index (κ3) is 4.49. The van der Waals surface area contributed by atoms with Gasteiger partial charge in [0.05, 0.1) is 0 Å². The molecule has 1 unspecified atom stereocenters. The summed E-state index contributed by atoms with van der Waals surface area (Å²) in [5.74, 6) is -0.288. The lowest BCUT2D eigenvalue weighted by Crippen LogP contribution is -2.47. The van der Waals surface area contributed by atoms with Crippen LogP contribution in [0.4, 0.5) is 0 Å². The monoisotopic (exact) mass is 371 g/mol. The van der Waals surface area contributed by atoms with Crippen molar-refractivity contribution in [3.05, 3.63) is 35.4 Å². The van der Waals surface area contributed by atoms with E-state index in [1.807, 2.05) is 29.2 Å². The summed E-state index contributed by atoms with van der Waals surface area (Å²) in [5, 5.41) is 5.56. The Labute approximate surface area is 160 Å². The van der Waals surface area contributed by atoms with Crippen molar-refractivity contribution in [2.24, 2.45) is 5.92 Å². The molecule has 2 fully saturated rings. The molecule has 1 atom stereocenters. The molecule has 3 rings (SSSR count). The topological polar surface area (TPSA) is 78.5 Å². The number of amides is 3. The highest BCUT2D eigenvalue weighted by molar-refractivity contribution is 5.94. The minimum Gasteiger partial charge on any atom is -0.354 e. The summed E-state index contributed by atoms with van der Waals surface area (Å²) in [5.41, 5.74) is 1.95. The summed E-state index contributed by atoms with van der Waals surface area (Å²) in [7, 11) is 0. The molecule has 0 aliphatic carbocycles. The van der Waals surface area contributed by atoms with E-state index in [0.29, 0.717) is 44.5 Å². The molecular weight excluding hydrogens is 342 g/mol. The van der Waals surface area contributed by atoms with Gasteiger partial charge in [-0.3, -0.25) is 14.4 Å². The van der Waals surface area contributed by atoms with Gasteiger partial charge >= 0.3 is 0 Å². The Bertz CT molecular complexity index is 713. The number of piperidine rings is 1. The molecule has 2 aliphatic rings. The Kier molecular flexibility index (Phi) is 5.53. The van der Waals surface area contributed by atoms with Crippen LogP contribution in [0.5, 0.6) is 0 Å². The van der Waals surface area contributed by atoms with Crippen molar-refractivity contribution in [3.63, 3.8) is 0 Å². The molecular formula is C21H29N3O3. The largest absolute Gasteiger partial charge is 0.354 e. The number of hydrogen-bond acceptors (Lipinski definition) is 3. The highest BCUT2D eigenvalue weighted by Crippen LogP contribution is 2.24. The second-order valence-electron chi connectivity index (χ2n) is 8.53. The number of carbonyl (C=O) groups excluding carboxylic acids is 3. The predicted molar refractivity (Wildman–Crippen MR) is 103 cm³/mol. The zero-order valence-corrected chi connectivity index (χ0v) is 16.4. The van der Waals surface area contributed by atoms with Gasteiger partial charge in [-0.25, -0.2) is 0 Å². The molecule has 2 aliphatic heterocycles. The van der Waals surface area contributed by atoms with E-state index in [0.717, 1.165) is 0 Å². The Balaban J connectivity index is 1.53.